The van der Waals surface area contributed by atoms with Gasteiger partial charge in [-0.2, -0.15) is 0 Å². The van der Waals surface area contributed by atoms with E-state index in [-0.39, 0.29) is 5.91 Å². The highest BCUT2D eigenvalue weighted by Crippen LogP contribution is 2.33. The molecule has 0 unspecified atom stereocenters. The molecule has 4 rings (SSSR count). The minimum Gasteiger partial charge on any atom is -0.349 e. The zero-order valence-corrected chi connectivity index (χ0v) is 11.4. The minimum absolute atomic E-state index is 0.152. The Kier molecular flexibility index (Phi) is 2.59. The number of aromatic nitrogens is 1. The fraction of sp³-hybridized carbons (Fsp3) is 0.118. The van der Waals surface area contributed by atoms with E-state index in [0.717, 1.165) is 27.7 Å². The summed E-state index contributed by atoms with van der Waals surface area (Å²) >= 11 is 0. The zero-order valence-electron chi connectivity index (χ0n) is 11.4. The monoisotopic (exact) mass is 277 g/mol. The largest absolute Gasteiger partial charge is 0.349 e. The lowest BCUT2D eigenvalue weighted by Gasteiger charge is -2.15. The molecule has 0 aliphatic carbocycles. The molecule has 0 radical (unpaired) electrons. The summed E-state index contributed by atoms with van der Waals surface area (Å²) in [6, 6.07) is 18.2. The molecule has 104 valence electrons. The van der Waals surface area contributed by atoms with Crippen molar-refractivity contribution in [3.63, 3.8) is 0 Å². The Morgan fingerprint density at radius 2 is 1.90 bits per heavy atom. The van der Waals surface area contributed by atoms with Crippen LogP contribution >= 0.6 is 0 Å². The summed E-state index contributed by atoms with van der Waals surface area (Å²) in [5.41, 5.74) is 10.4. The van der Waals surface area contributed by atoms with Gasteiger partial charge in [-0.15, -0.1) is 0 Å². The fourth-order valence-corrected chi connectivity index (χ4v) is 3.03. The minimum atomic E-state index is -0.707. The molecular weight excluding hydrogens is 262 g/mol. The highest BCUT2D eigenvalue weighted by atomic mass is 16.2. The maximum atomic E-state index is 12.1. The van der Waals surface area contributed by atoms with E-state index in [0.29, 0.717) is 6.54 Å². The van der Waals surface area contributed by atoms with E-state index in [4.69, 9.17) is 5.73 Å². The topological polar surface area (TPSA) is 60.1 Å². The van der Waals surface area contributed by atoms with Gasteiger partial charge in [0.05, 0.1) is 11.2 Å². The van der Waals surface area contributed by atoms with Crippen molar-refractivity contribution >= 4 is 16.8 Å². The molecule has 1 aromatic heterocycles. The molecular formula is C17H15N3O. The third kappa shape index (κ3) is 1.76. The quantitative estimate of drug-likeness (QED) is 0.717. The van der Waals surface area contributed by atoms with Crippen molar-refractivity contribution < 1.29 is 4.79 Å². The molecule has 3 aromatic rings. The first kappa shape index (κ1) is 12.2. The summed E-state index contributed by atoms with van der Waals surface area (Å²) in [6.07, 6.45) is -0.707. The molecule has 1 atom stereocenters. The normalized spacial score (nSPS) is 17.6. The molecule has 1 amide bonds. The van der Waals surface area contributed by atoms with Crippen molar-refractivity contribution in [3.05, 3.63) is 60.2 Å². The van der Waals surface area contributed by atoms with Crippen LogP contribution in [-0.4, -0.2) is 10.5 Å². The van der Waals surface area contributed by atoms with Crippen LogP contribution in [0.3, 0.4) is 0 Å². The van der Waals surface area contributed by atoms with E-state index < -0.39 is 6.17 Å². The molecule has 0 fully saturated rings. The van der Waals surface area contributed by atoms with Gasteiger partial charge in [0.1, 0.15) is 0 Å². The number of nitrogens with two attached hydrogens (primary N) is 1. The molecule has 0 spiro atoms. The number of para-hydroxylation sites is 1. The molecule has 2 aromatic carbocycles. The summed E-state index contributed by atoms with van der Waals surface area (Å²) < 4.78 is 1.95. The SMILES string of the molecule is N[C@@H]1C(=O)NCc2cccc3cc(-c4ccccc4)n1c23. The Morgan fingerprint density at radius 1 is 1.10 bits per heavy atom. The van der Waals surface area contributed by atoms with Crippen LogP contribution in [0.2, 0.25) is 0 Å². The number of carbonyl (C=O) groups is 1. The van der Waals surface area contributed by atoms with Gasteiger partial charge in [0.2, 0.25) is 0 Å². The van der Waals surface area contributed by atoms with E-state index >= 15 is 0 Å². The summed E-state index contributed by atoms with van der Waals surface area (Å²) in [5, 5.41) is 3.99. The van der Waals surface area contributed by atoms with Crippen LogP contribution in [0.25, 0.3) is 22.2 Å². The number of benzene rings is 2. The molecule has 4 heteroatoms. The Labute approximate surface area is 122 Å². The van der Waals surface area contributed by atoms with Crippen molar-refractivity contribution in [2.45, 2.75) is 12.7 Å². The predicted octanol–water partition coefficient (Wildman–Crippen LogP) is 2.40. The molecule has 3 N–H and O–H groups in total. The molecule has 1 aliphatic rings. The number of hydrogen-bond acceptors (Lipinski definition) is 2. The second-order valence-electron chi connectivity index (χ2n) is 5.28. The van der Waals surface area contributed by atoms with E-state index in [9.17, 15) is 4.79 Å². The smallest absolute Gasteiger partial charge is 0.258 e. The lowest BCUT2D eigenvalue weighted by Crippen LogP contribution is -2.35. The summed E-state index contributed by atoms with van der Waals surface area (Å²) in [4.78, 5) is 12.1. The highest BCUT2D eigenvalue weighted by Gasteiger charge is 2.25. The van der Waals surface area contributed by atoms with Crippen LogP contribution in [0.4, 0.5) is 0 Å². The van der Waals surface area contributed by atoms with Crippen molar-refractivity contribution in [1.82, 2.24) is 9.88 Å². The maximum absolute atomic E-state index is 12.1. The average molecular weight is 277 g/mol. The van der Waals surface area contributed by atoms with Gasteiger partial charge in [-0.25, -0.2) is 0 Å². The second kappa shape index (κ2) is 4.46. The number of nitrogens with zero attached hydrogens (tertiary/aromatic N) is 1. The molecule has 4 nitrogen and oxygen atoms in total. The van der Waals surface area contributed by atoms with Crippen LogP contribution in [0, 0.1) is 0 Å². The zero-order chi connectivity index (χ0) is 14.4. The van der Waals surface area contributed by atoms with Crippen molar-refractivity contribution in [3.8, 4) is 11.3 Å². The first-order valence-electron chi connectivity index (χ1n) is 6.97. The lowest BCUT2D eigenvalue weighted by molar-refractivity contribution is -0.124. The second-order valence-corrected chi connectivity index (χ2v) is 5.28. The molecule has 1 aliphatic heterocycles. The van der Waals surface area contributed by atoms with Crippen molar-refractivity contribution in [2.24, 2.45) is 5.73 Å². The average Bonchev–Trinajstić information content (AvgIpc) is 2.86. The Bertz CT molecular complexity index is 836. The number of nitrogens with one attached hydrogen (secondary N) is 1. The molecule has 21 heavy (non-hydrogen) atoms. The summed E-state index contributed by atoms with van der Waals surface area (Å²) in [5.74, 6) is -0.152. The first-order chi connectivity index (χ1) is 10.3. The van der Waals surface area contributed by atoms with Crippen molar-refractivity contribution in [1.29, 1.82) is 0 Å². The first-order valence-corrected chi connectivity index (χ1v) is 6.97. The summed E-state index contributed by atoms with van der Waals surface area (Å²) in [7, 11) is 0. The molecule has 2 heterocycles. The van der Waals surface area contributed by atoms with Crippen molar-refractivity contribution in [2.75, 3.05) is 0 Å². The molecule has 0 bridgehead atoms. The van der Waals surface area contributed by atoms with E-state index in [1.54, 1.807) is 0 Å². The maximum Gasteiger partial charge on any atom is 0.258 e. The van der Waals surface area contributed by atoms with Gasteiger partial charge in [0.15, 0.2) is 6.17 Å². The van der Waals surface area contributed by atoms with Gasteiger partial charge >= 0.3 is 0 Å². The van der Waals surface area contributed by atoms with E-state index in [2.05, 4.69) is 17.4 Å². The lowest BCUT2D eigenvalue weighted by atomic mass is 10.1. The highest BCUT2D eigenvalue weighted by molar-refractivity contribution is 5.94. The summed E-state index contributed by atoms with van der Waals surface area (Å²) in [6.45, 7) is 0.516. The Morgan fingerprint density at radius 3 is 2.71 bits per heavy atom. The number of carbonyl (C=O) groups excluding carboxylic acids is 1. The van der Waals surface area contributed by atoms with Crippen LogP contribution < -0.4 is 11.1 Å². The third-order valence-corrected chi connectivity index (χ3v) is 4.01. The van der Waals surface area contributed by atoms with Crippen LogP contribution in [-0.2, 0) is 11.3 Å². The number of amides is 1. The molecule has 0 saturated carbocycles. The van der Waals surface area contributed by atoms with Gasteiger partial charge in [-0.05, 0) is 17.2 Å². The van der Waals surface area contributed by atoms with Crippen LogP contribution in [0.1, 0.15) is 11.7 Å². The number of rotatable bonds is 1. The standard InChI is InChI=1S/C17H15N3O/c18-16-17(21)19-10-13-8-4-7-12-9-14(20(16)15(12)13)11-5-2-1-3-6-11/h1-9,16H,10,18H2,(H,19,21)/t16-/m0/s1. The van der Waals surface area contributed by atoms with E-state index in [1.165, 1.54) is 0 Å². The fourth-order valence-electron chi connectivity index (χ4n) is 3.03. The predicted molar refractivity (Wildman–Crippen MR) is 82.4 cm³/mol. The Balaban J connectivity index is 2.09. The molecule has 0 saturated heterocycles. The van der Waals surface area contributed by atoms with E-state index in [1.807, 2.05) is 47.0 Å². The van der Waals surface area contributed by atoms with Crippen LogP contribution in [0.15, 0.2) is 54.6 Å². The Hall–Kier alpha value is -2.59. The van der Waals surface area contributed by atoms with Gasteiger partial charge in [-0.3, -0.25) is 4.79 Å². The van der Waals surface area contributed by atoms with Gasteiger partial charge in [0, 0.05) is 11.9 Å². The van der Waals surface area contributed by atoms with Crippen LogP contribution in [0.5, 0.6) is 0 Å². The van der Waals surface area contributed by atoms with Gasteiger partial charge in [-0.1, -0.05) is 48.5 Å². The third-order valence-electron chi connectivity index (χ3n) is 4.01. The number of hydrogen-bond donors (Lipinski definition) is 2. The van der Waals surface area contributed by atoms with Gasteiger partial charge < -0.3 is 15.6 Å². The van der Waals surface area contributed by atoms with Gasteiger partial charge in [0.25, 0.3) is 5.91 Å².